The second kappa shape index (κ2) is 33.3. The summed E-state index contributed by atoms with van der Waals surface area (Å²) >= 11 is 6.03. The molecule has 16 unspecified atom stereocenters. The van der Waals surface area contributed by atoms with Crippen LogP contribution in [-0.4, -0.2) is 73.0 Å². The molecule has 6 saturated carbocycles. The first-order valence-electron chi connectivity index (χ1n) is 33.8. The largest absolute Gasteiger partial charge is 1.00 e. The maximum absolute atomic E-state index is 12.6. The molecule has 1 aliphatic heterocycles. The molecule has 0 aromatic carbocycles. The lowest BCUT2D eigenvalue weighted by molar-refractivity contribution is -0.457. The van der Waals surface area contributed by atoms with Gasteiger partial charge in [-0.25, -0.2) is 9.59 Å². The van der Waals surface area contributed by atoms with Crippen molar-refractivity contribution in [2.24, 2.45) is 104 Å². The second-order valence-electron chi connectivity index (χ2n) is 29.8. The van der Waals surface area contributed by atoms with Crippen molar-refractivity contribution in [2.75, 3.05) is 37.7 Å². The summed E-state index contributed by atoms with van der Waals surface area (Å²) in [7, 11) is 0. The summed E-state index contributed by atoms with van der Waals surface area (Å²) in [4.78, 5) is 27.8. The zero-order chi connectivity index (χ0) is 58.5. The van der Waals surface area contributed by atoms with E-state index in [-0.39, 0.29) is 54.6 Å². The van der Waals surface area contributed by atoms with Crippen molar-refractivity contribution < 1.29 is 54.3 Å². The Morgan fingerprint density at radius 3 is 1.57 bits per heavy atom. The highest BCUT2D eigenvalue weighted by molar-refractivity contribution is 8.14. The van der Waals surface area contributed by atoms with Crippen molar-refractivity contribution in [2.45, 2.75) is 255 Å². The molecule has 1 heterocycles. The number of hydrogen-bond acceptors (Lipinski definition) is 7. The van der Waals surface area contributed by atoms with Crippen molar-refractivity contribution in [3.05, 3.63) is 23.3 Å². The first-order valence-corrected chi connectivity index (χ1v) is 35.5. The fourth-order valence-electron chi connectivity index (χ4n) is 19.5. The molecule has 0 aromatic rings. The summed E-state index contributed by atoms with van der Waals surface area (Å²) in [6.07, 6.45) is 38.3. The molecule has 10 nitrogen and oxygen atoms in total. The molecule has 478 valence electrons. The smallest absolute Gasteiger partial charge is 0.407 e. The highest BCUT2D eigenvalue weighted by Gasteiger charge is 2.61. The van der Waals surface area contributed by atoms with Crippen molar-refractivity contribution in [1.29, 1.82) is 0 Å². The van der Waals surface area contributed by atoms with E-state index in [9.17, 15) is 9.59 Å². The molecule has 2 amide bonds. The van der Waals surface area contributed by atoms with Gasteiger partial charge in [-0.2, -0.15) is 12.6 Å². The first-order chi connectivity index (χ1) is 38.7. The average molecular weight is 1230 g/mol. The van der Waals surface area contributed by atoms with Crippen LogP contribution in [0.4, 0.5) is 9.59 Å². The molecule has 0 spiro atoms. The molecule has 9 aliphatic rings. The highest BCUT2D eigenvalue weighted by atomic mass is 35.5. The Balaban J connectivity index is 0.000000273. The Morgan fingerprint density at radius 1 is 0.675 bits per heavy atom. The van der Waals surface area contributed by atoms with E-state index in [1.807, 2.05) is 0 Å². The molecule has 0 bridgehead atoms. The Labute approximate surface area is 529 Å². The third kappa shape index (κ3) is 18.1. The van der Waals surface area contributed by atoms with E-state index in [4.69, 9.17) is 26.4 Å². The van der Waals surface area contributed by atoms with Gasteiger partial charge in [0.1, 0.15) is 18.8 Å². The van der Waals surface area contributed by atoms with Gasteiger partial charge in [0, 0.05) is 44.5 Å². The van der Waals surface area contributed by atoms with Gasteiger partial charge in [-0.3, -0.25) is 16.1 Å². The Hall–Kier alpha value is -1.60. The van der Waals surface area contributed by atoms with Crippen LogP contribution in [0.2, 0.25) is 0 Å². The van der Waals surface area contributed by atoms with Crippen LogP contribution >= 0.6 is 24.4 Å². The van der Waals surface area contributed by atoms with Crippen LogP contribution in [0, 0.1) is 92.7 Å². The molecule has 1 saturated heterocycles. The average Bonchev–Trinajstić information content (AvgIpc) is 2.22. The van der Waals surface area contributed by atoms with E-state index in [1.165, 1.54) is 115 Å². The molecule has 14 heteroatoms. The third-order valence-corrected chi connectivity index (χ3v) is 25.3. The Bertz CT molecular complexity index is 2140. The lowest BCUT2D eigenvalue weighted by Crippen LogP contribution is -3.00. The van der Waals surface area contributed by atoms with Crippen LogP contribution < -0.4 is 57.3 Å². The summed E-state index contributed by atoms with van der Waals surface area (Å²) in [6, 6.07) is 0. The van der Waals surface area contributed by atoms with Crippen LogP contribution in [0.15, 0.2) is 23.3 Å². The fourth-order valence-corrected chi connectivity index (χ4v) is 20.6. The summed E-state index contributed by atoms with van der Waals surface area (Å²) < 4.78 is 11.7. The second-order valence-corrected chi connectivity index (χ2v) is 31.5. The number of carbonyl (C=O) groups excluding carboxylic acids is 2. The number of unbranched alkanes of at least 4 members (excludes halogenated alkanes) is 1. The van der Waals surface area contributed by atoms with Gasteiger partial charge in [0.05, 0.1) is 6.54 Å². The quantitative estimate of drug-likeness (QED) is 0.0207. The number of thioether (sulfide) groups is 1. The van der Waals surface area contributed by atoms with Crippen molar-refractivity contribution in [1.82, 2.24) is 10.6 Å². The number of ether oxygens (including phenoxy) is 2. The van der Waals surface area contributed by atoms with E-state index in [0.29, 0.717) is 42.4 Å². The Kier molecular flexibility index (Phi) is 28.9. The number of allylic oxidation sites excluding steroid dienone is 2. The van der Waals surface area contributed by atoms with Gasteiger partial charge in [0.15, 0.2) is 0 Å². The number of nitrogens with two attached hydrogens (primary N) is 3. The SMILES string of the molecule is CC(C)CCCC(C)C1CCC2C3CC=C4CC(OC(=O)NCCN)CCC4(C)C3CCC12C.CC(C)CCCC(C)C1CCC2C3CC=C4CC(OC(=O)NCC[NH+]=C(N)CCCCS)CCC4(C)C3CCC12C.[Cl-].[Cl-].[NH2+]=C1CCCS1. The molecule has 7 fully saturated rings. The maximum atomic E-state index is 12.6. The summed E-state index contributed by atoms with van der Waals surface area (Å²) in [6.45, 7) is 27.1. The van der Waals surface area contributed by atoms with Gasteiger partial charge in [-0.15, -0.1) is 0 Å². The number of alkyl carbamates (subject to hydrolysis) is 2. The number of hydrogen-bond donors (Lipinski definition) is 7. The van der Waals surface area contributed by atoms with E-state index >= 15 is 0 Å². The topological polar surface area (TPSA) is 168 Å². The number of fused-ring (bicyclic) bond motifs is 10. The number of amides is 2. The minimum absolute atomic E-state index is 0. The van der Waals surface area contributed by atoms with Crippen LogP contribution in [-0.2, 0) is 9.47 Å². The summed E-state index contributed by atoms with van der Waals surface area (Å²) in [5.74, 6) is 13.2. The molecule has 0 radical (unpaired) electrons. The molecule has 8 aliphatic carbocycles. The molecule has 83 heavy (non-hydrogen) atoms. The summed E-state index contributed by atoms with van der Waals surface area (Å²) in [5, 5.41) is 12.2. The molecule has 16 atom stereocenters. The van der Waals surface area contributed by atoms with Crippen molar-refractivity contribution >= 4 is 47.5 Å². The monoisotopic (exact) mass is 1230 g/mol. The minimum Gasteiger partial charge on any atom is -1.00 e. The number of thiol groups is 1. The van der Waals surface area contributed by atoms with Gasteiger partial charge in [-0.05, 0) is 208 Å². The number of carbonyl (C=O) groups is 2. The first kappa shape index (κ1) is 72.1. The van der Waals surface area contributed by atoms with Crippen LogP contribution in [0.3, 0.4) is 0 Å². The predicted octanol–water partition coefficient (Wildman–Crippen LogP) is 7.42. The van der Waals surface area contributed by atoms with E-state index in [0.717, 1.165) is 152 Å². The normalized spacial score (nSPS) is 35.7. The molecule has 9 N–H and O–H groups in total. The van der Waals surface area contributed by atoms with E-state index in [1.54, 1.807) is 22.9 Å². The van der Waals surface area contributed by atoms with E-state index in [2.05, 4.69) is 110 Å². The number of amidine groups is 1. The number of nitrogens with one attached hydrogen (secondary N) is 3. The van der Waals surface area contributed by atoms with Crippen LogP contribution in [0.5, 0.6) is 0 Å². The Morgan fingerprint density at radius 2 is 1.16 bits per heavy atom. The maximum Gasteiger partial charge on any atom is 0.407 e. The highest BCUT2D eigenvalue weighted by Crippen LogP contribution is 2.69. The van der Waals surface area contributed by atoms with Crippen LogP contribution in [0.25, 0.3) is 0 Å². The number of rotatable bonds is 21. The fraction of sp³-hybridized carbons (Fsp3) is 0.884. The van der Waals surface area contributed by atoms with Gasteiger partial charge >= 0.3 is 12.2 Å². The van der Waals surface area contributed by atoms with Gasteiger partial charge in [0.2, 0.25) is 10.9 Å². The zero-order valence-electron chi connectivity index (χ0n) is 54.0. The van der Waals surface area contributed by atoms with Crippen molar-refractivity contribution in [3.8, 4) is 0 Å². The lowest BCUT2D eigenvalue weighted by atomic mass is 9.47. The zero-order valence-corrected chi connectivity index (χ0v) is 57.3. The molecule has 9 rings (SSSR count). The standard InChI is InChI=1S/C35H61N3O2S.C30H52N2O2.C4H7NS.2ClH/c1-24(2)9-8-10-25(3)29-14-15-30-28-13-12-26-23-27(16-18-34(26,4)31(28)17-19-35(29,30)5)40-33(39)38-21-20-37-32(36)11-6-7-22-41;1-20(2)7-6-8-21(3)25-11-12-26-24-10-9-22-19-23(34-28(33)32-18-17-31)13-15-29(22,4)27(24)14-16-30(25,26)5;5-4-2-1-3-6-4;;/h12,24-25,27-31,41H,6-11,13-23H2,1-5H3,(H2,36,37)(H,38,39);9,20-21,23-27H,6-8,10-19,31H2,1-5H3,(H,32,33);5H,1-3H2;2*1H. The number of halogens is 2. The van der Waals surface area contributed by atoms with Crippen molar-refractivity contribution in [3.63, 3.8) is 0 Å². The van der Waals surface area contributed by atoms with Gasteiger partial charge in [0.25, 0.3) is 0 Å². The predicted molar refractivity (Wildman–Crippen MR) is 343 cm³/mol. The van der Waals surface area contributed by atoms with Crippen LogP contribution in [0.1, 0.15) is 243 Å². The lowest BCUT2D eigenvalue weighted by Gasteiger charge is -2.58. The third-order valence-electron chi connectivity index (χ3n) is 23.9. The summed E-state index contributed by atoms with van der Waals surface area (Å²) in [5.41, 5.74) is 16.3. The molecular formula is C69H122Cl2N6O4S2. The molecular weight excluding hydrogens is 1110 g/mol. The van der Waals surface area contributed by atoms with E-state index < -0.39 is 0 Å². The molecule has 0 aromatic heterocycles. The van der Waals surface area contributed by atoms with Gasteiger partial charge in [-0.1, -0.05) is 143 Å². The van der Waals surface area contributed by atoms with Gasteiger partial charge < -0.3 is 50.7 Å². The minimum atomic E-state index is -0.304.